The minimum absolute atomic E-state index is 0. The van der Waals surface area contributed by atoms with Gasteiger partial charge in [-0.3, -0.25) is 6.58 Å². The molecule has 2 aromatic rings. The van der Waals surface area contributed by atoms with Crippen LogP contribution in [0.3, 0.4) is 0 Å². The zero-order valence-corrected chi connectivity index (χ0v) is 33.5. The van der Waals surface area contributed by atoms with E-state index in [0.29, 0.717) is 12.1 Å². The number of piperidine rings is 1. The molecule has 0 bridgehead atoms. The molecule has 0 amide bonds. The molecular weight excluding hydrogens is 585 g/mol. The van der Waals surface area contributed by atoms with Crippen LogP contribution < -0.4 is 45.5 Å². The summed E-state index contributed by atoms with van der Waals surface area (Å²) < 4.78 is 2.19. The number of nitrogens with zero attached hydrogens (tertiary/aromatic N) is 2. The normalized spacial score (nSPS) is 17.3. The van der Waals surface area contributed by atoms with E-state index in [1.54, 1.807) is 6.20 Å². The summed E-state index contributed by atoms with van der Waals surface area (Å²) in [5.74, 6) is 1.06. The molecule has 3 rings (SSSR count). The predicted molar refractivity (Wildman–Crippen MR) is 203 cm³/mol. The maximum absolute atomic E-state index is 4.54. The average molecular weight is 652 g/mol. The second-order valence-electron chi connectivity index (χ2n) is 14.1. The van der Waals surface area contributed by atoms with Gasteiger partial charge in [0.1, 0.15) is 0 Å². The Balaban J connectivity index is 0.000000869. The van der Waals surface area contributed by atoms with Gasteiger partial charge in [0.2, 0.25) is 0 Å². The SMILES string of the molecule is C=C(NCCc1cn(C(=C)C)c2ccccc12)C(CC(C)(C)C)NC(=C)N1[C@H](CC)CCC[C@@H]1CC.C=[C-]C(CCCC)NC=C.[Na+]. The standard InChI is InChI=1S/C32H50N4.C9H16N.Na/c1-10-27-15-14-16-28(11-2)36(27)25(6)34-30(21-32(7,8)9)24(5)33-20-19-26-22-35(23(3)4)31-18-13-12-17-29(26)31;1-4-7-8-9(5-2)10-6-3;/h12-13,17-18,22,27-28,30,33-34H,3,5-6,10-11,14-16,19-21H2,1-2,4,7-9H3;6,9-10H,2-4,7-8H2,1H3;/q;-1;+1/t27-,28+,30?;;. The van der Waals surface area contributed by atoms with Crippen molar-refractivity contribution in [1.29, 1.82) is 0 Å². The quantitative estimate of drug-likeness (QED) is 0.121. The first kappa shape index (κ1) is 42.7. The summed E-state index contributed by atoms with van der Waals surface area (Å²) in [6, 6.07) is 10.2. The maximum atomic E-state index is 4.54. The van der Waals surface area contributed by atoms with Crippen LogP contribution in [-0.2, 0) is 6.42 Å². The first-order chi connectivity index (χ1) is 21.9. The minimum atomic E-state index is 0. The van der Waals surface area contributed by atoms with Crippen LogP contribution in [0.1, 0.15) is 112 Å². The van der Waals surface area contributed by atoms with Gasteiger partial charge in [0.15, 0.2) is 0 Å². The molecule has 6 heteroatoms. The Labute approximate surface area is 311 Å². The molecular formula is C41H66N5Na. The van der Waals surface area contributed by atoms with Gasteiger partial charge in [-0.05, 0) is 75.1 Å². The Bertz CT molecular complexity index is 1260. The van der Waals surface area contributed by atoms with Crippen LogP contribution in [0.15, 0.2) is 81.1 Å². The molecule has 1 fully saturated rings. The third-order valence-electron chi connectivity index (χ3n) is 9.06. The molecule has 0 saturated carbocycles. The summed E-state index contributed by atoms with van der Waals surface area (Å²) in [6.07, 6.45) is 18.5. The molecule has 1 aromatic carbocycles. The summed E-state index contributed by atoms with van der Waals surface area (Å²) in [5, 5.41) is 11.8. The molecule has 2 unspecified atom stereocenters. The van der Waals surface area contributed by atoms with E-state index in [0.717, 1.165) is 55.9 Å². The van der Waals surface area contributed by atoms with Crippen molar-refractivity contribution in [3.63, 3.8) is 0 Å². The smallest absolute Gasteiger partial charge is 0.481 e. The fraction of sp³-hybridized carbons (Fsp3) is 0.561. The summed E-state index contributed by atoms with van der Waals surface area (Å²) in [6.45, 7) is 37.0. The van der Waals surface area contributed by atoms with E-state index in [-0.39, 0.29) is 47.1 Å². The van der Waals surface area contributed by atoms with Crippen LogP contribution >= 0.6 is 0 Å². The van der Waals surface area contributed by atoms with Crippen LogP contribution in [0.25, 0.3) is 16.6 Å². The van der Waals surface area contributed by atoms with Gasteiger partial charge in [-0.1, -0.05) is 105 Å². The van der Waals surface area contributed by atoms with Crippen LogP contribution in [0, 0.1) is 11.5 Å². The number of hydrogen-bond acceptors (Lipinski definition) is 4. The van der Waals surface area contributed by atoms with Crippen molar-refractivity contribution < 1.29 is 29.6 Å². The number of fused-ring (bicyclic) bond motifs is 1. The number of allylic oxidation sites excluding steroid dienone is 1. The van der Waals surface area contributed by atoms with Crippen LogP contribution in [0.4, 0.5) is 0 Å². The van der Waals surface area contributed by atoms with Gasteiger partial charge < -0.3 is 31.5 Å². The Hall–Kier alpha value is -2.34. The number of nitrogens with one attached hydrogen (secondary N) is 3. The molecule has 1 aliphatic rings. The van der Waals surface area contributed by atoms with Gasteiger partial charge in [-0.25, -0.2) is 0 Å². The van der Waals surface area contributed by atoms with Crippen molar-refractivity contribution in [3.05, 3.63) is 92.7 Å². The second-order valence-corrected chi connectivity index (χ2v) is 14.1. The molecule has 4 atom stereocenters. The number of aromatic nitrogens is 1. The van der Waals surface area contributed by atoms with E-state index in [4.69, 9.17) is 0 Å². The third-order valence-corrected chi connectivity index (χ3v) is 9.06. The van der Waals surface area contributed by atoms with Gasteiger partial charge >= 0.3 is 29.6 Å². The van der Waals surface area contributed by atoms with E-state index in [2.05, 4.69) is 143 Å². The molecule has 3 N–H and O–H groups in total. The molecule has 0 spiro atoms. The largest absolute Gasteiger partial charge is 1.00 e. The van der Waals surface area contributed by atoms with Gasteiger partial charge in [0.25, 0.3) is 0 Å². The van der Waals surface area contributed by atoms with Crippen LogP contribution in [0.5, 0.6) is 0 Å². The first-order valence-electron chi connectivity index (χ1n) is 17.7. The van der Waals surface area contributed by atoms with Crippen LogP contribution in [0.2, 0.25) is 0 Å². The van der Waals surface area contributed by atoms with Crippen molar-refractivity contribution in [1.82, 2.24) is 25.4 Å². The third kappa shape index (κ3) is 13.6. The first-order valence-corrected chi connectivity index (χ1v) is 17.7. The number of para-hydroxylation sites is 1. The molecule has 5 nitrogen and oxygen atoms in total. The Kier molecular flexibility index (Phi) is 19.6. The summed E-state index contributed by atoms with van der Waals surface area (Å²) in [5.41, 5.74) is 4.82. The van der Waals surface area contributed by atoms with Crippen molar-refractivity contribution in [2.75, 3.05) is 6.54 Å². The zero-order valence-electron chi connectivity index (χ0n) is 31.5. The molecule has 2 heterocycles. The van der Waals surface area contributed by atoms with Crippen LogP contribution in [-0.4, -0.2) is 40.2 Å². The Morgan fingerprint density at radius 3 is 2.23 bits per heavy atom. The Morgan fingerprint density at radius 2 is 1.70 bits per heavy atom. The van der Waals surface area contributed by atoms with E-state index in [1.165, 1.54) is 48.6 Å². The molecule has 47 heavy (non-hydrogen) atoms. The van der Waals surface area contributed by atoms with Gasteiger partial charge in [-0.2, -0.15) is 0 Å². The molecule has 0 aliphatic carbocycles. The average Bonchev–Trinajstić information content (AvgIpc) is 3.40. The molecule has 256 valence electrons. The predicted octanol–water partition coefficient (Wildman–Crippen LogP) is 6.96. The van der Waals surface area contributed by atoms with E-state index in [9.17, 15) is 0 Å². The topological polar surface area (TPSA) is 44.3 Å². The van der Waals surface area contributed by atoms with Gasteiger partial charge in [0, 0.05) is 41.6 Å². The van der Waals surface area contributed by atoms with Crippen molar-refractivity contribution in [2.24, 2.45) is 5.41 Å². The van der Waals surface area contributed by atoms with E-state index >= 15 is 0 Å². The fourth-order valence-electron chi connectivity index (χ4n) is 6.60. The minimum Gasteiger partial charge on any atom is -0.481 e. The molecule has 1 saturated heterocycles. The molecule has 1 aliphatic heterocycles. The van der Waals surface area contributed by atoms with E-state index in [1.807, 2.05) is 0 Å². The Morgan fingerprint density at radius 1 is 1.06 bits per heavy atom. The number of unbranched alkanes of at least 4 members (excludes halogenated alkanes) is 1. The van der Waals surface area contributed by atoms with Gasteiger partial charge in [0.05, 0.1) is 17.4 Å². The number of benzene rings is 1. The van der Waals surface area contributed by atoms with Crippen molar-refractivity contribution in [2.45, 2.75) is 137 Å². The molecule has 1 aromatic heterocycles. The maximum Gasteiger partial charge on any atom is 1.00 e. The number of hydrogen-bond donors (Lipinski definition) is 3. The van der Waals surface area contributed by atoms with Crippen molar-refractivity contribution >= 4 is 16.6 Å². The summed E-state index contributed by atoms with van der Waals surface area (Å²) >= 11 is 0. The number of rotatable bonds is 18. The summed E-state index contributed by atoms with van der Waals surface area (Å²) in [7, 11) is 0. The van der Waals surface area contributed by atoms with E-state index < -0.39 is 0 Å². The zero-order chi connectivity index (χ0) is 34.3. The fourth-order valence-corrected chi connectivity index (χ4v) is 6.60. The summed E-state index contributed by atoms with van der Waals surface area (Å²) in [4.78, 5) is 2.58. The molecule has 0 radical (unpaired) electrons. The monoisotopic (exact) mass is 652 g/mol. The van der Waals surface area contributed by atoms with Gasteiger partial charge in [-0.15, -0.1) is 6.04 Å². The number of likely N-dealkylation sites (tertiary alicyclic amines) is 1. The van der Waals surface area contributed by atoms with Crippen molar-refractivity contribution in [3.8, 4) is 0 Å². The second kappa shape index (κ2) is 21.6.